The van der Waals surface area contributed by atoms with Crippen molar-refractivity contribution in [3.63, 3.8) is 0 Å². The summed E-state index contributed by atoms with van der Waals surface area (Å²) >= 11 is 0. The molecule has 110 valence electrons. The van der Waals surface area contributed by atoms with Crippen molar-refractivity contribution in [2.24, 2.45) is 0 Å². The van der Waals surface area contributed by atoms with Crippen molar-refractivity contribution in [3.8, 4) is 6.07 Å². The van der Waals surface area contributed by atoms with E-state index in [9.17, 15) is 14.0 Å². The Morgan fingerprint density at radius 3 is 2.67 bits per heavy atom. The number of anilines is 1. The van der Waals surface area contributed by atoms with Crippen LogP contribution in [-0.4, -0.2) is 29.2 Å². The smallest absolute Gasteiger partial charge is 0.332 e. The van der Waals surface area contributed by atoms with Gasteiger partial charge < -0.3 is 15.2 Å². The fraction of sp³-hybridized carbons (Fsp3) is 0.357. The van der Waals surface area contributed by atoms with Gasteiger partial charge in [0.15, 0.2) is 6.10 Å². The summed E-state index contributed by atoms with van der Waals surface area (Å²) in [7, 11) is 0. The van der Waals surface area contributed by atoms with Gasteiger partial charge in [-0.05, 0) is 31.9 Å². The average Bonchev–Trinajstić information content (AvgIpc) is 2.93. The minimum Gasteiger partial charge on any atom is -0.479 e. The third-order valence-corrected chi connectivity index (χ3v) is 3.32. The maximum Gasteiger partial charge on any atom is 0.332 e. The van der Waals surface area contributed by atoms with Crippen LogP contribution in [0.2, 0.25) is 0 Å². The molecule has 1 saturated heterocycles. The Morgan fingerprint density at radius 1 is 1.43 bits per heavy atom. The first-order valence-corrected chi connectivity index (χ1v) is 6.31. The zero-order chi connectivity index (χ0) is 15.6. The summed E-state index contributed by atoms with van der Waals surface area (Å²) in [6.45, 7) is 1.47. The number of rotatable bonds is 3. The number of amides is 1. The molecule has 2 atom stereocenters. The number of carboxylic acids is 1. The number of nitrogens with one attached hydrogen (secondary N) is 1. The number of carbonyl (C=O) groups excluding carboxylic acids is 1. The number of aliphatic carboxylic acids is 1. The highest BCUT2D eigenvalue weighted by Gasteiger charge is 2.34. The van der Waals surface area contributed by atoms with E-state index in [0.717, 1.165) is 6.07 Å². The fourth-order valence-corrected chi connectivity index (χ4v) is 2.10. The minimum atomic E-state index is -1.11. The monoisotopic (exact) mass is 292 g/mol. The summed E-state index contributed by atoms with van der Waals surface area (Å²) in [6, 6.07) is 4.24. The van der Waals surface area contributed by atoms with Crippen LogP contribution in [0.15, 0.2) is 12.1 Å². The summed E-state index contributed by atoms with van der Waals surface area (Å²) in [5, 5.41) is 20.1. The zero-order valence-electron chi connectivity index (χ0n) is 11.2. The molecule has 1 aliphatic heterocycles. The van der Waals surface area contributed by atoms with Crippen LogP contribution in [-0.2, 0) is 14.3 Å². The predicted octanol–water partition coefficient (Wildman–Crippen LogP) is 1.58. The Kier molecular flexibility index (Phi) is 4.19. The Morgan fingerprint density at radius 2 is 2.10 bits per heavy atom. The number of nitriles is 1. The molecular formula is C14H13FN2O4. The highest BCUT2D eigenvalue weighted by atomic mass is 19.1. The first kappa shape index (κ1) is 14.9. The van der Waals surface area contributed by atoms with Gasteiger partial charge in [-0.15, -0.1) is 0 Å². The van der Waals surface area contributed by atoms with E-state index in [4.69, 9.17) is 15.1 Å². The van der Waals surface area contributed by atoms with Crippen LogP contribution in [0, 0.1) is 24.1 Å². The lowest BCUT2D eigenvalue weighted by Crippen LogP contribution is -2.30. The molecular weight excluding hydrogens is 279 g/mol. The van der Waals surface area contributed by atoms with E-state index in [-0.39, 0.29) is 29.7 Å². The highest BCUT2D eigenvalue weighted by molar-refractivity contribution is 5.95. The Hall–Kier alpha value is -2.46. The molecule has 0 spiro atoms. The number of hydrogen-bond acceptors (Lipinski definition) is 4. The van der Waals surface area contributed by atoms with Crippen molar-refractivity contribution >= 4 is 17.6 Å². The number of ether oxygens (including phenoxy) is 1. The van der Waals surface area contributed by atoms with Gasteiger partial charge in [-0.1, -0.05) is 0 Å². The third-order valence-electron chi connectivity index (χ3n) is 3.32. The maximum absolute atomic E-state index is 13.6. The molecule has 0 bridgehead atoms. The molecule has 0 radical (unpaired) electrons. The van der Waals surface area contributed by atoms with Crippen LogP contribution in [0.1, 0.15) is 24.0 Å². The summed E-state index contributed by atoms with van der Waals surface area (Å²) < 4.78 is 18.7. The first-order valence-electron chi connectivity index (χ1n) is 6.31. The van der Waals surface area contributed by atoms with E-state index < -0.39 is 29.9 Å². The number of benzene rings is 1. The SMILES string of the molecule is Cc1c(F)cc(C#N)cc1NC(=O)[C@@H]1CC[C@H](C(=O)O)O1. The lowest BCUT2D eigenvalue weighted by molar-refractivity contribution is -0.150. The van der Waals surface area contributed by atoms with Crippen LogP contribution < -0.4 is 5.32 Å². The minimum absolute atomic E-state index is 0.0872. The molecule has 2 rings (SSSR count). The van der Waals surface area contributed by atoms with Crippen molar-refractivity contribution in [2.75, 3.05) is 5.32 Å². The second-order valence-electron chi connectivity index (χ2n) is 4.76. The van der Waals surface area contributed by atoms with Crippen molar-refractivity contribution < 1.29 is 23.8 Å². The zero-order valence-corrected chi connectivity index (χ0v) is 11.2. The summed E-state index contributed by atoms with van der Waals surface area (Å²) in [5.74, 6) is -2.25. The van der Waals surface area contributed by atoms with Crippen LogP contribution >= 0.6 is 0 Å². The van der Waals surface area contributed by atoms with Crippen LogP contribution in [0.25, 0.3) is 0 Å². The normalized spacial score (nSPS) is 20.8. The quantitative estimate of drug-likeness (QED) is 0.881. The molecule has 21 heavy (non-hydrogen) atoms. The van der Waals surface area contributed by atoms with E-state index in [0.29, 0.717) is 0 Å². The highest BCUT2D eigenvalue weighted by Crippen LogP contribution is 2.24. The van der Waals surface area contributed by atoms with Gasteiger partial charge in [0.05, 0.1) is 11.6 Å². The summed E-state index contributed by atoms with van der Waals surface area (Å²) in [5.41, 5.74) is 0.471. The molecule has 1 heterocycles. The molecule has 7 heteroatoms. The van der Waals surface area contributed by atoms with Gasteiger partial charge in [0.25, 0.3) is 5.91 Å². The second-order valence-corrected chi connectivity index (χ2v) is 4.76. The lowest BCUT2D eigenvalue weighted by atomic mass is 10.1. The molecule has 0 saturated carbocycles. The number of nitrogens with zero attached hydrogens (tertiary/aromatic N) is 1. The standard InChI is InChI=1S/C14H13FN2O4/c1-7-9(15)4-8(6-16)5-10(7)17-13(18)11-2-3-12(21-11)14(19)20/h4-5,11-12H,2-3H2,1H3,(H,17,18)(H,19,20)/t11-,12+/m0/s1. The van der Waals surface area contributed by atoms with Crippen LogP contribution in [0.3, 0.4) is 0 Å². The predicted molar refractivity (Wildman–Crippen MR) is 70.0 cm³/mol. The van der Waals surface area contributed by atoms with Crippen molar-refractivity contribution in [1.29, 1.82) is 5.26 Å². The van der Waals surface area contributed by atoms with Crippen molar-refractivity contribution in [3.05, 3.63) is 29.1 Å². The van der Waals surface area contributed by atoms with E-state index in [2.05, 4.69) is 5.32 Å². The second kappa shape index (κ2) is 5.89. The number of halogens is 1. The summed E-state index contributed by atoms with van der Waals surface area (Å²) in [4.78, 5) is 22.8. The van der Waals surface area contributed by atoms with Gasteiger partial charge in [-0.25, -0.2) is 9.18 Å². The largest absolute Gasteiger partial charge is 0.479 e. The van der Waals surface area contributed by atoms with E-state index in [1.54, 1.807) is 6.07 Å². The topological polar surface area (TPSA) is 99.4 Å². The molecule has 2 N–H and O–H groups in total. The Bertz CT molecular complexity index is 639. The number of carboxylic acid groups (broad SMARTS) is 1. The average molecular weight is 292 g/mol. The third kappa shape index (κ3) is 3.17. The van der Waals surface area contributed by atoms with Gasteiger partial charge >= 0.3 is 5.97 Å². The fourth-order valence-electron chi connectivity index (χ4n) is 2.10. The molecule has 1 fully saturated rings. The molecule has 1 aromatic rings. The lowest BCUT2D eigenvalue weighted by Gasteiger charge is -2.14. The van der Waals surface area contributed by atoms with Crippen LogP contribution in [0.5, 0.6) is 0 Å². The van der Waals surface area contributed by atoms with E-state index >= 15 is 0 Å². The van der Waals surface area contributed by atoms with Gasteiger partial charge in [0.1, 0.15) is 11.9 Å². The van der Waals surface area contributed by atoms with Gasteiger partial charge in [-0.3, -0.25) is 4.79 Å². The van der Waals surface area contributed by atoms with Gasteiger partial charge in [0.2, 0.25) is 0 Å². The van der Waals surface area contributed by atoms with Gasteiger partial charge in [0, 0.05) is 11.3 Å². The molecule has 0 aromatic heterocycles. The molecule has 0 aliphatic carbocycles. The Balaban J connectivity index is 2.12. The number of hydrogen-bond donors (Lipinski definition) is 2. The molecule has 1 amide bonds. The van der Waals surface area contributed by atoms with Crippen molar-refractivity contribution in [2.45, 2.75) is 32.0 Å². The van der Waals surface area contributed by atoms with Gasteiger partial charge in [-0.2, -0.15) is 5.26 Å². The molecule has 1 aromatic carbocycles. The molecule has 6 nitrogen and oxygen atoms in total. The van der Waals surface area contributed by atoms with E-state index in [1.165, 1.54) is 13.0 Å². The number of carbonyl (C=O) groups is 2. The molecule has 1 aliphatic rings. The van der Waals surface area contributed by atoms with E-state index in [1.807, 2.05) is 0 Å². The van der Waals surface area contributed by atoms with Crippen molar-refractivity contribution in [1.82, 2.24) is 0 Å². The van der Waals surface area contributed by atoms with Crippen LogP contribution in [0.4, 0.5) is 10.1 Å². The molecule has 0 unspecified atom stereocenters. The summed E-state index contributed by atoms with van der Waals surface area (Å²) in [6.07, 6.45) is -1.36. The first-order chi connectivity index (χ1) is 9.92. The Labute approximate surface area is 120 Å². The maximum atomic E-state index is 13.6.